The summed E-state index contributed by atoms with van der Waals surface area (Å²) in [5.74, 6) is 1.67. The first-order valence-electron chi connectivity index (χ1n) is 5.73. The van der Waals surface area contributed by atoms with E-state index in [9.17, 15) is 0 Å². The number of aromatic nitrogens is 1. The fourth-order valence-corrected chi connectivity index (χ4v) is 3.04. The van der Waals surface area contributed by atoms with Crippen LogP contribution >= 0.6 is 0 Å². The summed E-state index contributed by atoms with van der Waals surface area (Å²) in [6.07, 6.45) is 3.77. The van der Waals surface area contributed by atoms with E-state index in [2.05, 4.69) is 34.3 Å². The zero-order chi connectivity index (χ0) is 10.3. The minimum absolute atomic E-state index is 0.660. The molecular weight excluding hydrogens is 186 g/mol. The second kappa shape index (κ2) is 3.49. The van der Waals surface area contributed by atoms with E-state index in [0.717, 1.165) is 11.8 Å². The Balaban J connectivity index is 1.85. The maximum absolute atomic E-state index is 4.08. The lowest BCUT2D eigenvalue weighted by Gasteiger charge is -2.26. The van der Waals surface area contributed by atoms with E-state index in [-0.39, 0.29) is 0 Å². The van der Waals surface area contributed by atoms with Crippen LogP contribution in [-0.2, 0) is 0 Å². The first-order valence-corrected chi connectivity index (χ1v) is 5.73. The Bertz CT molecular complexity index is 338. The summed E-state index contributed by atoms with van der Waals surface area (Å²) in [6.45, 7) is 5.92. The van der Waals surface area contributed by atoms with Crippen LogP contribution in [0.5, 0.6) is 0 Å². The van der Waals surface area contributed by atoms with E-state index >= 15 is 0 Å². The Hall–Kier alpha value is -1.09. The molecule has 0 amide bonds. The maximum atomic E-state index is 4.08. The predicted octanol–water partition coefficient (Wildman–Crippen LogP) is 1.13. The summed E-state index contributed by atoms with van der Waals surface area (Å²) in [5, 5.41) is 3.49. The molecule has 3 atom stereocenters. The van der Waals surface area contributed by atoms with Gasteiger partial charge in [-0.2, -0.15) is 0 Å². The lowest BCUT2D eigenvalue weighted by Crippen LogP contribution is -2.33. The summed E-state index contributed by atoms with van der Waals surface area (Å²) in [5.41, 5.74) is 1.33. The van der Waals surface area contributed by atoms with Crippen molar-refractivity contribution < 1.29 is 0 Å². The standard InChI is InChI=1S/C12H17N3/c1-9-12-7-14-6-10(12)8-15(9)11-2-4-13-5-3-11/h2-5,9-10,12,14H,6-8H2,1H3. The molecule has 2 aliphatic rings. The van der Waals surface area contributed by atoms with Crippen LogP contribution in [0, 0.1) is 11.8 Å². The van der Waals surface area contributed by atoms with Gasteiger partial charge in [-0.3, -0.25) is 4.98 Å². The Labute approximate surface area is 90.5 Å². The Morgan fingerprint density at radius 3 is 2.87 bits per heavy atom. The SMILES string of the molecule is CC1C2CNCC2CN1c1ccncc1. The molecule has 0 aliphatic carbocycles. The molecule has 2 aliphatic heterocycles. The number of pyridine rings is 1. The number of rotatable bonds is 1. The Morgan fingerprint density at radius 2 is 2.13 bits per heavy atom. The molecule has 3 heterocycles. The Kier molecular flexibility index (Phi) is 2.13. The molecule has 2 fully saturated rings. The quantitative estimate of drug-likeness (QED) is 0.741. The number of nitrogens with zero attached hydrogens (tertiary/aromatic N) is 2. The van der Waals surface area contributed by atoms with E-state index in [0.29, 0.717) is 6.04 Å². The molecule has 80 valence electrons. The van der Waals surface area contributed by atoms with Gasteiger partial charge >= 0.3 is 0 Å². The average Bonchev–Trinajstić information content (AvgIpc) is 2.83. The highest BCUT2D eigenvalue weighted by Gasteiger charge is 2.41. The van der Waals surface area contributed by atoms with Gasteiger partial charge in [0.25, 0.3) is 0 Å². The summed E-state index contributed by atoms with van der Waals surface area (Å²) in [7, 11) is 0. The van der Waals surface area contributed by atoms with Crippen LogP contribution in [0.1, 0.15) is 6.92 Å². The number of nitrogens with one attached hydrogen (secondary N) is 1. The predicted molar refractivity (Wildman–Crippen MR) is 60.9 cm³/mol. The maximum Gasteiger partial charge on any atom is 0.0399 e. The lowest BCUT2D eigenvalue weighted by molar-refractivity contribution is 0.471. The molecule has 0 spiro atoms. The molecule has 3 nitrogen and oxygen atoms in total. The van der Waals surface area contributed by atoms with Crippen LogP contribution in [0.15, 0.2) is 24.5 Å². The Morgan fingerprint density at radius 1 is 1.33 bits per heavy atom. The molecular formula is C12H17N3. The van der Waals surface area contributed by atoms with Crippen LogP contribution in [0.25, 0.3) is 0 Å². The lowest BCUT2D eigenvalue weighted by atomic mass is 9.95. The molecule has 0 bridgehead atoms. The molecule has 0 radical (unpaired) electrons. The van der Waals surface area contributed by atoms with Crippen molar-refractivity contribution >= 4 is 5.69 Å². The van der Waals surface area contributed by atoms with Crippen molar-refractivity contribution in [3.05, 3.63) is 24.5 Å². The summed E-state index contributed by atoms with van der Waals surface area (Å²) >= 11 is 0. The van der Waals surface area contributed by atoms with Gasteiger partial charge in [0.15, 0.2) is 0 Å². The van der Waals surface area contributed by atoms with Crippen molar-refractivity contribution in [3.63, 3.8) is 0 Å². The second-order valence-corrected chi connectivity index (χ2v) is 4.68. The summed E-state index contributed by atoms with van der Waals surface area (Å²) in [4.78, 5) is 6.60. The van der Waals surface area contributed by atoms with E-state index in [1.54, 1.807) is 0 Å². The van der Waals surface area contributed by atoms with Gasteiger partial charge in [0, 0.05) is 43.8 Å². The number of hydrogen-bond acceptors (Lipinski definition) is 3. The monoisotopic (exact) mass is 203 g/mol. The van der Waals surface area contributed by atoms with Crippen LogP contribution in [0.2, 0.25) is 0 Å². The van der Waals surface area contributed by atoms with Gasteiger partial charge in [-0.05, 0) is 30.9 Å². The largest absolute Gasteiger partial charge is 0.368 e. The summed E-state index contributed by atoms with van der Waals surface area (Å²) in [6, 6.07) is 4.89. The second-order valence-electron chi connectivity index (χ2n) is 4.68. The van der Waals surface area contributed by atoms with E-state index < -0.39 is 0 Å². The average molecular weight is 203 g/mol. The van der Waals surface area contributed by atoms with Gasteiger partial charge in [-0.15, -0.1) is 0 Å². The molecule has 3 rings (SSSR count). The van der Waals surface area contributed by atoms with Crippen LogP contribution in [0.3, 0.4) is 0 Å². The molecule has 1 aromatic rings. The van der Waals surface area contributed by atoms with Crippen LogP contribution in [0.4, 0.5) is 5.69 Å². The number of fused-ring (bicyclic) bond motifs is 1. The smallest absolute Gasteiger partial charge is 0.0399 e. The molecule has 15 heavy (non-hydrogen) atoms. The van der Waals surface area contributed by atoms with E-state index in [1.165, 1.54) is 25.3 Å². The van der Waals surface area contributed by atoms with E-state index in [1.807, 2.05) is 12.4 Å². The third kappa shape index (κ3) is 1.42. The minimum atomic E-state index is 0.660. The highest BCUT2D eigenvalue weighted by molar-refractivity contribution is 5.47. The minimum Gasteiger partial charge on any atom is -0.368 e. The molecule has 0 saturated carbocycles. The van der Waals surface area contributed by atoms with Gasteiger partial charge in [0.1, 0.15) is 0 Å². The third-order valence-electron chi connectivity index (χ3n) is 3.93. The van der Waals surface area contributed by atoms with Crippen molar-refractivity contribution in [1.82, 2.24) is 10.3 Å². The molecule has 3 unspecified atom stereocenters. The van der Waals surface area contributed by atoms with Crippen LogP contribution in [-0.4, -0.2) is 30.7 Å². The van der Waals surface area contributed by atoms with Crippen molar-refractivity contribution in [3.8, 4) is 0 Å². The van der Waals surface area contributed by atoms with Gasteiger partial charge in [-0.25, -0.2) is 0 Å². The molecule has 0 aromatic carbocycles. The van der Waals surface area contributed by atoms with Crippen LogP contribution < -0.4 is 10.2 Å². The van der Waals surface area contributed by atoms with Gasteiger partial charge in [0.05, 0.1) is 0 Å². The van der Waals surface area contributed by atoms with Gasteiger partial charge in [0.2, 0.25) is 0 Å². The molecule has 3 heteroatoms. The van der Waals surface area contributed by atoms with Crippen molar-refractivity contribution in [2.75, 3.05) is 24.5 Å². The fraction of sp³-hybridized carbons (Fsp3) is 0.583. The summed E-state index contributed by atoms with van der Waals surface area (Å²) < 4.78 is 0. The highest BCUT2D eigenvalue weighted by atomic mass is 15.2. The van der Waals surface area contributed by atoms with Gasteiger partial charge in [-0.1, -0.05) is 0 Å². The first kappa shape index (κ1) is 9.16. The van der Waals surface area contributed by atoms with Crippen molar-refractivity contribution in [2.45, 2.75) is 13.0 Å². The molecule has 1 N–H and O–H groups in total. The molecule has 1 aromatic heterocycles. The van der Waals surface area contributed by atoms with Crippen molar-refractivity contribution in [2.24, 2.45) is 11.8 Å². The normalized spacial score (nSPS) is 34.5. The zero-order valence-corrected chi connectivity index (χ0v) is 9.06. The zero-order valence-electron chi connectivity index (χ0n) is 9.06. The molecule has 2 saturated heterocycles. The van der Waals surface area contributed by atoms with Gasteiger partial charge < -0.3 is 10.2 Å². The first-order chi connectivity index (χ1) is 7.36. The number of hydrogen-bond donors (Lipinski definition) is 1. The van der Waals surface area contributed by atoms with Crippen molar-refractivity contribution in [1.29, 1.82) is 0 Å². The van der Waals surface area contributed by atoms with E-state index in [4.69, 9.17) is 0 Å². The third-order valence-corrected chi connectivity index (χ3v) is 3.93. The number of anilines is 1. The topological polar surface area (TPSA) is 28.2 Å². The highest BCUT2D eigenvalue weighted by Crippen LogP contribution is 2.35. The fourth-order valence-electron chi connectivity index (χ4n) is 3.04.